The van der Waals surface area contributed by atoms with Gasteiger partial charge in [0.15, 0.2) is 5.60 Å². The van der Waals surface area contributed by atoms with E-state index in [4.69, 9.17) is 4.42 Å². The highest BCUT2D eigenvalue weighted by molar-refractivity contribution is 7.10. The SMILES string of the molecule is Cc1cccc(C(=O)NCC(O)(c2ccco2)c2cccs2)c1. The van der Waals surface area contributed by atoms with Crippen molar-refractivity contribution in [3.63, 3.8) is 0 Å². The topological polar surface area (TPSA) is 62.5 Å². The van der Waals surface area contributed by atoms with E-state index in [0.717, 1.165) is 10.4 Å². The highest BCUT2D eigenvalue weighted by Crippen LogP contribution is 2.32. The number of carbonyl (C=O) groups is 1. The molecular weight excluding hydrogens is 310 g/mol. The number of nitrogens with one attached hydrogen (secondary N) is 1. The largest absolute Gasteiger partial charge is 0.466 e. The van der Waals surface area contributed by atoms with Crippen LogP contribution in [0.3, 0.4) is 0 Å². The van der Waals surface area contributed by atoms with Gasteiger partial charge in [-0.15, -0.1) is 11.3 Å². The molecule has 1 aromatic carbocycles. The van der Waals surface area contributed by atoms with Gasteiger partial charge in [0.25, 0.3) is 5.91 Å². The Bertz CT molecular complexity index is 744. The van der Waals surface area contributed by atoms with Crippen LogP contribution in [0.15, 0.2) is 64.6 Å². The molecule has 23 heavy (non-hydrogen) atoms. The fourth-order valence-corrected chi connectivity index (χ4v) is 3.25. The van der Waals surface area contributed by atoms with Crippen molar-refractivity contribution in [1.82, 2.24) is 5.32 Å². The van der Waals surface area contributed by atoms with Gasteiger partial charge in [0.2, 0.25) is 0 Å². The number of rotatable bonds is 5. The third-order valence-electron chi connectivity index (χ3n) is 3.64. The van der Waals surface area contributed by atoms with E-state index in [1.165, 1.54) is 17.6 Å². The maximum atomic E-state index is 12.3. The van der Waals surface area contributed by atoms with Crippen LogP contribution in [0.5, 0.6) is 0 Å². The third kappa shape index (κ3) is 3.21. The highest BCUT2D eigenvalue weighted by atomic mass is 32.1. The number of carbonyl (C=O) groups excluding carboxylic acids is 1. The van der Waals surface area contributed by atoms with Crippen molar-refractivity contribution in [2.24, 2.45) is 0 Å². The van der Waals surface area contributed by atoms with Crippen LogP contribution in [0, 0.1) is 6.92 Å². The number of hydrogen-bond donors (Lipinski definition) is 2. The van der Waals surface area contributed by atoms with Gasteiger partial charge in [-0.3, -0.25) is 4.79 Å². The van der Waals surface area contributed by atoms with Crippen LogP contribution in [-0.4, -0.2) is 17.6 Å². The fourth-order valence-electron chi connectivity index (χ4n) is 2.42. The van der Waals surface area contributed by atoms with Crippen LogP contribution >= 0.6 is 11.3 Å². The maximum Gasteiger partial charge on any atom is 0.251 e. The second-order valence-electron chi connectivity index (χ2n) is 5.37. The van der Waals surface area contributed by atoms with E-state index in [1.807, 2.05) is 42.6 Å². The van der Waals surface area contributed by atoms with Gasteiger partial charge in [0, 0.05) is 10.4 Å². The third-order valence-corrected chi connectivity index (χ3v) is 4.66. The molecular formula is C18H17NO3S. The summed E-state index contributed by atoms with van der Waals surface area (Å²) in [4.78, 5) is 13.1. The van der Waals surface area contributed by atoms with Gasteiger partial charge in [0.05, 0.1) is 12.8 Å². The van der Waals surface area contributed by atoms with Gasteiger partial charge < -0.3 is 14.8 Å². The normalized spacial score (nSPS) is 13.5. The number of aliphatic hydroxyl groups is 1. The minimum absolute atomic E-state index is 0.0355. The summed E-state index contributed by atoms with van der Waals surface area (Å²) in [6.07, 6.45) is 1.51. The Morgan fingerprint density at radius 1 is 1.26 bits per heavy atom. The van der Waals surface area contributed by atoms with Crippen LogP contribution in [0.25, 0.3) is 0 Å². The lowest BCUT2D eigenvalue weighted by Crippen LogP contribution is -2.41. The van der Waals surface area contributed by atoms with Gasteiger partial charge in [-0.2, -0.15) is 0 Å². The van der Waals surface area contributed by atoms with Gasteiger partial charge in [-0.05, 0) is 42.6 Å². The lowest BCUT2D eigenvalue weighted by Gasteiger charge is -2.25. The molecule has 2 N–H and O–H groups in total. The molecule has 3 aromatic rings. The Labute approximate surface area is 138 Å². The average molecular weight is 327 g/mol. The Morgan fingerprint density at radius 2 is 2.13 bits per heavy atom. The zero-order chi connectivity index (χ0) is 16.3. The molecule has 1 atom stereocenters. The summed E-state index contributed by atoms with van der Waals surface area (Å²) in [6.45, 7) is 1.97. The Balaban J connectivity index is 1.82. The summed E-state index contributed by atoms with van der Waals surface area (Å²) in [5, 5.41) is 15.8. The monoisotopic (exact) mass is 327 g/mol. The van der Waals surface area contributed by atoms with Crippen LogP contribution in [-0.2, 0) is 5.60 Å². The second kappa shape index (κ2) is 6.40. The van der Waals surface area contributed by atoms with E-state index in [1.54, 1.807) is 18.2 Å². The summed E-state index contributed by atoms with van der Waals surface area (Å²) in [5.74, 6) is 0.180. The summed E-state index contributed by atoms with van der Waals surface area (Å²) in [6, 6.07) is 14.4. The van der Waals surface area contributed by atoms with E-state index in [9.17, 15) is 9.90 Å². The lowest BCUT2D eigenvalue weighted by molar-refractivity contribution is 0.0554. The minimum Gasteiger partial charge on any atom is -0.466 e. The predicted molar refractivity (Wildman–Crippen MR) is 89.5 cm³/mol. The molecule has 0 spiro atoms. The van der Waals surface area contributed by atoms with Gasteiger partial charge in [-0.1, -0.05) is 23.8 Å². The lowest BCUT2D eigenvalue weighted by atomic mass is 9.98. The molecule has 0 saturated heterocycles. The number of furan rings is 1. The van der Waals surface area contributed by atoms with Crippen molar-refractivity contribution < 1.29 is 14.3 Å². The van der Waals surface area contributed by atoms with Gasteiger partial charge in [0.1, 0.15) is 5.76 Å². The average Bonchev–Trinajstić information content (AvgIpc) is 3.25. The Kier molecular flexibility index (Phi) is 4.32. The van der Waals surface area contributed by atoms with Crippen LogP contribution in [0.2, 0.25) is 0 Å². The molecule has 118 valence electrons. The number of benzene rings is 1. The molecule has 0 aliphatic carbocycles. The van der Waals surface area contributed by atoms with Crippen LogP contribution in [0.1, 0.15) is 26.6 Å². The van der Waals surface area contributed by atoms with E-state index in [-0.39, 0.29) is 12.5 Å². The predicted octanol–water partition coefficient (Wildman–Crippen LogP) is 3.32. The van der Waals surface area contributed by atoms with Gasteiger partial charge >= 0.3 is 0 Å². The quantitative estimate of drug-likeness (QED) is 0.756. The van der Waals surface area contributed by atoms with Gasteiger partial charge in [-0.25, -0.2) is 0 Å². The van der Waals surface area contributed by atoms with Crippen LogP contribution in [0.4, 0.5) is 0 Å². The molecule has 1 amide bonds. The van der Waals surface area contributed by atoms with E-state index < -0.39 is 5.60 Å². The van der Waals surface area contributed by atoms with Crippen LogP contribution < -0.4 is 5.32 Å². The van der Waals surface area contributed by atoms with Crippen molar-refractivity contribution in [1.29, 1.82) is 0 Å². The number of aryl methyl sites for hydroxylation is 1. The Morgan fingerprint density at radius 3 is 2.78 bits per heavy atom. The van der Waals surface area contributed by atoms with Crippen molar-refractivity contribution >= 4 is 17.2 Å². The molecule has 5 heteroatoms. The smallest absolute Gasteiger partial charge is 0.251 e. The molecule has 0 bridgehead atoms. The van der Waals surface area contributed by atoms with Crippen molar-refractivity contribution in [3.05, 3.63) is 81.9 Å². The number of thiophene rings is 1. The van der Waals surface area contributed by atoms with E-state index >= 15 is 0 Å². The van der Waals surface area contributed by atoms with Crippen molar-refractivity contribution in [3.8, 4) is 0 Å². The second-order valence-corrected chi connectivity index (χ2v) is 6.31. The molecule has 1 unspecified atom stereocenters. The first kappa shape index (κ1) is 15.5. The summed E-state index contributed by atoms with van der Waals surface area (Å²) < 4.78 is 5.38. The zero-order valence-corrected chi connectivity index (χ0v) is 13.5. The molecule has 2 aromatic heterocycles. The molecule has 0 aliphatic rings. The summed E-state index contributed by atoms with van der Waals surface area (Å²) in [7, 11) is 0. The molecule has 2 heterocycles. The highest BCUT2D eigenvalue weighted by Gasteiger charge is 2.36. The molecule has 0 fully saturated rings. The summed E-state index contributed by atoms with van der Waals surface area (Å²) >= 11 is 1.42. The standard InChI is InChI=1S/C18H17NO3S/c1-13-5-2-6-14(11-13)17(20)19-12-18(21,15-7-3-9-22-15)16-8-4-10-23-16/h2-11,21H,12H2,1H3,(H,19,20). The Hall–Kier alpha value is -2.37. The van der Waals surface area contributed by atoms with Crippen molar-refractivity contribution in [2.75, 3.05) is 6.54 Å². The first-order valence-corrected chi connectivity index (χ1v) is 8.13. The molecule has 0 saturated carbocycles. The van der Waals surface area contributed by atoms with Crippen molar-refractivity contribution in [2.45, 2.75) is 12.5 Å². The first-order valence-electron chi connectivity index (χ1n) is 7.25. The number of amides is 1. The zero-order valence-electron chi connectivity index (χ0n) is 12.7. The maximum absolute atomic E-state index is 12.3. The van der Waals surface area contributed by atoms with E-state index in [2.05, 4.69) is 5.32 Å². The van der Waals surface area contributed by atoms with E-state index in [0.29, 0.717) is 11.3 Å². The first-order chi connectivity index (χ1) is 11.1. The molecule has 0 aliphatic heterocycles. The fraction of sp³-hybridized carbons (Fsp3) is 0.167. The molecule has 3 rings (SSSR count). The molecule has 4 nitrogen and oxygen atoms in total. The summed E-state index contributed by atoms with van der Waals surface area (Å²) in [5.41, 5.74) is 0.201. The number of hydrogen-bond acceptors (Lipinski definition) is 4. The minimum atomic E-state index is -1.38. The molecule has 0 radical (unpaired) electrons.